The van der Waals surface area contributed by atoms with Crippen LogP contribution >= 0.6 is 24.0 Å². The Labute approximate surface area is 173 Å². The third-order valence-electron chi connectivity index (χ3n) is 3.36. The summed E-state index contributed by atoms with van der Waals surface area (Å²) in [5.74, 6) is 0.397. The number of nitrogens with two attached hydrogens (primary N) is 1. The molecule has 154 valence electrons. The van der Waals surface area contributed by atoms with E-state index in [0.29, 0.717) is 45.3 Å². The van der Waals surface area contributed by atoms with Gasteiger partial charge in [0.15, 0.2) is 5.96 Å². The van der Waals surface area contributed by atoms with E-state index in [1.807, 2.05) is 25.7 Å². The molecule has 2 N–H and O–H groups in total. The molecule has 0 saturated carbocycles. The maximum atomic E-state index is 12.0. The summed E-state index contributed by atoms with van der Waals surface area (Å²) < 4.78 is 32.5. The fourth-order valence-corrected chi connectivity index (χ4v) is 2.50. The molecule has 0 bridgehead atoms. The maximum absolute atomic E-state index is 12.0. The van der Waals surface area contributed by atoms with Crippen molar-refractivity contribution in [3.05, 3.63) is 0 Å². The van der Waals surface area contributed by atoms with E-state index < -0.39 is 15.4 Å². The van der Waals surface area contributed by atoms with Crippen molar-refractivity contribution in [2.75, 3.05) is 57.9 Å². The molecule has 0 unspecified atom stereocenters. The van der Waals surface area contributed by atoms with Crippen molar-refractivity contribution < 1.29 is 22.7 Å². The Balaban J connectivity index is 0.00000625. The molecule has 0 aromatic rings. The van der Waals surface area contributed by atoms with Gasteiger partial charge in [-0.3, -0.25) is 4.99 Å². The Hall–Kier alpha value is -0.820. The molecule has 0 aromatic heterocycles. The van der Waals surface area contributed by atoms with E-state index in [2.05, 4.69) is 4.99 Å². The summed E-state index contributed by atoms with van der Waals surface area (Å²) >= 11 is 0. The molecule has 1 aliphatic rings. The van der Waals surface area contributed by atoms with Crippen LogP contribution in [0.4, 0.5) is 4.79 Å². The van der Waals surface area contributed by atoms with E-state index in [0.717, 1.165) is 0 Å². The molecule has 1 heterocycles. The first-order valence-electron chi connectivity index (χ1n) is 8.26. The van der Waals surface area contributed by atoms with E-state index in [1.54, 1.807) is 4.90 Å². The van der Waals surface area contributed by atoms with E-state index in [1.165, 1.54) is 6.26 Å². The van der Waals surface area contributed by atoms with Gasteiger partial charge in [-0.25, -0.2) is 13.2 Å². The highest BCUT2D eigenvalue weighted by Gasteiger charge is 2.26. The minimum atomic E-state index is -3.00. The smallest absolute Gasteiger partial charge is 0.410 e. The van der Waals surface area contributed by atoms with Crippen LogP contribution in [0.1, 0.15) is 20.8 Å². The zero-order valence-corrected chi connectivity index (χ0v) is 19.1. The summed E-state index contributed by atoms with van der Waals surface area (Å²) in [5.41, 5.74) is 5.44. The fraction of sp³-hybridized carbons (Fsp3) is 0.867. The molecule has 1 rings (SSSR count). The van der Waals surface area contributed by atoms with Gasteiger partial charge < -0.3 is 25.0 Å². The Morgan fingerprint density at radius 3 is 2.15 bits per heavy atom. The molecule has 1 fully saturated rings. The zero-order chi connectivity index (χ0) is 19.1. The van der Waals surface area contributed by atoms with Crippen molar-refractivity contribution in [1.82, 2.24) is 9.80 Å². The second-order valence-corrected chi connectivity index (χ2v) is 9.20. The highest BCUT2D eigenvalue weighted by molar-refractivity contribution is 14.0. The predicted octanol–water partition coefficient (Wildman–Crippen LogP) is 0.533. The van der Waals surface area contributed by atoms with Crippen LogP contribution in [0.25, 0.3) is 0 Å². The number of amides is 1. The lowest BCUT2D eigenvalue weighted by Crippen LogP contribution is -2.53. The lowest BCUT2D eigenvalue weighted by Gasteiger charge is -2.36. The monoisotopic (exact) mass is 506 g/mol. The number of carbonyl (C=O) groups is 1. The fourth-order valence-electron chi connectivity index (χ4n) is 2.08. The van der Waals surface area contributed by atoms with Crippen LogP contribution in [-0.4, -0.2) is 93.8 Å². The summed E-state index contributed by atoms with van der Waals surface area (Å²) in [6, 6.07) is 0. The number of hydrogen-bond donors (Lipinski definition) is 1. The van der Waals surface area contributed by atoms with Gasteiger partial charge in [0.05, 0.1) is 25.5 Å². The summed E-state index contributed by atoms with van der Waals surface area (Å²) in [6.07, 6.45) is 0.852. The van der Waals surface area contributed by atoms with Gasteiger partial charge in [-0.15, -0.1) is 24.0 Å². The summed E-state index contributed by atoms with van der Waals surface area (Å²) in [4.78, 5) is 19.8. The highest BCUT2D eigenvalue weighted by Crippen LogP contribution is 2.11. The molecule has 0 spiro atoms. The Morgan fingerprint density at radius 2 is 1.65 bits per heavy atom. The third-order valence-corrected chi connectivity index (χ3v) is 4.27. The van der Waals surface area contributed by atoms with Crippen molar-refractivity contribution in [2.24, 2.45) is 10.7 Å². The third kappa shape index (κ3) is 11.0. The van der Waals surface area contributed by atoms with Crippen LogP contribution < -0.4 is 5.73 Å². The maximum Gasteiger partial charge on any atom is 0.410 e. The average molecular weight is 506 g/mol. The molecule has 0 radical (unpaired) electrons. The average Bonchev–Trinajstić information content (AvgIpc) is 2.48. The second kappa shape index (κ2) is 11.1. The first kappa shape index (κ1) is 25.2. The number of ether oxygens (including phenoxy) is 2. The number of rotatable bonds is 6. The topological polar surface area (TPSA) is 115 Å². The molecule has 1 saturated heterocycles. The van der Waals surface area contributed by atoms with Gasteiger partial charge in [-0.2, -0.15) is 0 Å². The first-order valence-corrected chi connectivity index (χ1v) is 10.3. The molecule has 9 nitrogen and oxygen atoms in total. The number of guanidine groups is 1. The number of hydrogen-bond acceptors (Lipinski definition) is 6. The zero-order valence-electron chi connectivity index (χ0n) is 15.9. The van der Waals surface area contributed by atoms with Crippen LogP contribution in [0.2, 0.25) is 0 Å². The summed E-state index contributed by atoms with van der Waals surface area (Å²) in [7, 11) is -3.00. The van der Waals surface area contributed by atoms with Gasteiger partial charge in [0.2, 0.25) is 0 Å². The molecule has 11 heteroatoms. The van der Waals surface area contributed by atoms with Gasteiger partial charge in [0.25, 0.3) is 0 Å². The van der Waals surface area contributed by atoms with Crippen molar-refractivity contribution >= 4 is 45.9 Å². The van der Waals surface area contributed by atoms with Gasteiger partial charge in [-0.05, 0) is 20.8 Å². The molecule has 0 aliphatic carbocycles. The van der Waals surface area contributed by atoms with Gasteiger partial charge in [-0.1, -0.05) is 0 Å². The van der Waals surface area contributed by atoms with Gasteiger partial charge >= 0.3 is 6.09 Å². The Morgan fingerprint density at radius 1 is 1.12 bits per heavy atom. The lowest BCUT2D eigenvalue weighted by atomic mass is 10.2. The highest BCUT2D eigenvalue weighted by atomic mass is 127. The number of sulfone groups is 1. The molecular weight excluding hydrogens is 475 g/mol. The number of halogens is 1. The van der Waals surface area contributed by atoms with Crippen molar-refractivity contribution in [3.63, 3.8) is 0 Å². The Kier molecular flexibility index (Phi) is 10.8. The number of piperazine rings is 1. The molecule has 1 amide bonds. The van der Waals surface area contributed by atoms with E-state index in [4.69, 9.17) is 15.2 Å². The van der Waals surface area contributed by atoms with Crippen molar-refractivity contribution in [2.45, 2.75) is 26.4 Å². The largest absolute Gasteiger partial charge is 0.444 e. The van der Waals surface area contributed by atoms with Crippen LogP contribution in [0.15, 0.2) is 4.99 Å². The van der Waals surface area contributed by atoms with Crippen molar-refractivity contribution in [1.29, 1.82) is 0 Å². The summed E-state index contributed by atoms with van der Waals surface area (Å²) in [5, 5.41) is 0. The lowest BCUT2D eigenvalue weighted by molar-refractivity contribution is 0.0186. The van der Waals surface area contributed by atoms with E-state index >= 15 is 0 Å². The number of aliphatic imine (C=N–C) groups is 1. The number of nitrogens with zero attached hydrogens (tertiary/aromatic N) is 3. The molecule has 0 aromatic carbocycles. The normalized spacial score (nSPS) is 16.2. The van der Waals surface area contributed by atoms with E-state index in [-0.39, 0.29) is 42.4 Å². The first-order chi connectivity index (χ1) is 11.5. The van der Waals surface area contributed by atoms with Crippen LogP contribution in [0, 0.1) is 0 Å². The SMILES string of the molecule is CC(C)(C)OC(=O)N1CCN(C(N)=NCCOCCS(C)(=O)=O)CC1.I. The molecule has 1 aliphatic heterocycles. The molecular formula is C15H31IN4O5S. The minimum absolute atomic E-state index is 0. The van der Waals surface area contributed by atoms with Crippen LogP contribution in [0.5, 0.6) is 0 Å². The predicted molar refractivity (Wildman–Crippen MR) is 112 cm³/mol. The summed E-state index contributed by atoms with van der Waals surface area (Å²) in [6.45, 7) is 8.56. The molecule has 26 heavy (non-hydrogen) atoms. The van der Waals surface area contributed by atoms with Crippen molar-refractivity contribution in [3.8, 4) is 0 Å². The number of carbonyl (C=O) groups excluding carboxylic acids is 1. The van der Waals surface area contributed by atoms with Crippen LogP contribution in [-0.2, 0) is 19.3 Å². The quantitative estimate of drug-likeness (QED) is 0.242. The Bertz CT molecular complexity index is 569. The van der Waals surface area contributed by atoms with E-state index in [9.17, 15) is 13.2 Å². The van der Waals surface area contributed by atoms with Gasteiger partial charge in [0.1, 0.15) is 15.4 Å². The van der Waals surface area contributed by atoms with Crippen LogP contribution in [0.3, 0.4) is 0 Å². The molecule has 0 atom stereocenters. The van der Waals surface area contributed by atoms with Gasteiger partial charge in [0, 0.05) is 32.4 Å². The second-order valence-electron chi connectivity index (χ2n) is 6.94. The minimum Gasteiger partial charge on any atom is -0.444 e. The standard InChI is InChI=1S/C15H30N4O5S.HI/c1-15(2,3)24-14(20)19-8-6-18(7-9-19)13(16)17-5-10-23-11-12-25(4,21)22;/h5-12H2,1-4H3,(H2,16,17);1H.